The molecule has 0 fully saturated rings. The van der Waals surface area contributed by atoms with E-state index in [2.05, 4.69) is 28.3 Å². The highest BCUT2D eigenvalue weighted by molar-refractivity contribution is 7.09. The fourth-order valence-electron chi connectivity index (χ4n) is 1.98. The van der Waals surface area contributed by atoms with E-state index in [9.17, 15) is 0 Å². The molecule has 19 heavy (non-hydrogen) atoms. The minimum absolute atomic E-state index is 0.190. The summed E-state index contributed by atoms with van der Waals surface area (Å²) in [6.45, 7) is 3.13. The van der Waals surface area contributed by atoms with E-state index in [1.807, 2.05) is 17.6 Å². The first kappa shape index (κ1) is 14.0. The molecule has 0 aliphatic carbocycles. The molecule has 2 rings (SSSR count). The Morgan fingerprint density at radius 3 is 2.95 bits per heavy atom. The Morgan fingerprint density at radius 1 is 1.37 bits per heavy atom. The van der Waals surface area contributed by atoms with Gasteiger partial charge in [0.1, 0.15) is 0 Å². The first-order chi connectivity index (χ1) is 9.35. The molecule has 2 heterocycles. The van der Waals surface area contributed by atoms with Gasteiger partial charge in [-0.2, -0.15) is 0 Å². The maximum absolute atomic E-state index is 5.36. The Bertz CT molecular complexity index is 487. The molecule has 0 aliphatic heterocycles. The SMILES string of the molecule is CCCNC(Cc1nccs1)c1cccnc1OC. The maximum atomic E-state index is 5.36. The quantitative estimate of drug-likeness (QED) is 0.845. The van der Waals surface area contributed by atoms with Gasteiger partial charge in [-0.25, -0.2) is 9.97 Å². The second-order valence-corrected chi connectivity index (χ2v) is 5.22. The number of aromatic nitrogens is 2. The molecule has 0 saturated heterocycles. The van der Waals surface area contributed by atoms with Gasteiger partial charge in [0.2, 0.25) is 5.88 Å². The van der Waals surface area contributed by atoms with E-state index in [-0.39, 0.29) is 6.04 Å². The summed E-state index contributed by atoms with van der Waals surface area (Å²) in [6, 6.07) is 4.20. The zero-order valence-corrected chi connectivity index (χ0v) is 12.1. The number of nitrogens with one attached hydrogen (secondary N) is 1. The van der Waals surface area contributed by atoms with Crippen LogP contribution < -0.4 is 10.1 Å². The molecule has 1 atom stereocenters. The topological polar surface area (TPSA) is 47.0 Å². The van der Waals surface area contributed by atoms with E-state index in [0.717, 1.165) is 30.0 Å². The average Bonchev–Trinajstić information content (AvgIpc) is 2.96. The lowest BCUT2D eigenvalue weighted by atomic mass is 10.1. The standard InChI is InChI=1S/C14H19N3OS/c1-3-6-15-12(10-13-16-8-9-19-13)11-5-4-7-17-14(11)18-2/h4-5,7-9,12,15H,3,6,10H2,1-2H3. The fraction of sp³-hybridized carbons (Fsp3) is 0.429. The molecule has 1 unspecified atom stereocenters. The summed E-state index contributed by atoms with van der Waals surface area (Å²) < 4.78 is 5.36. The third-order valence-corrected chi connectivity index (χ3v) is 3.67. The number of methoxy groups -OCH3 is 1. The second-order valence-electron chi connectivity index (χ2n) is 4.24. The Balaban J connectivity index is 2.20. The van der Waals surface area contributed by atoms with Crippen molar-refractivity contribution in [3.8, 4) is 5.88 Å². The highest BCUT2D eigenvalue weighted by Crippen LogP contribution is 2.26. The van der Waals surface area contributed by atoms with E-state index < -0.39 is 0 Å². The second kappa shape index (κ2) is 7.21. The summed E-state index contributed by atoms with van der Waals surface area (Å²) in [6.07, 6.45) is 5.55. The summed E-state index contributed by atoms with van der Waals surface area (Å²) in [5.74, 6) is 0.688. The number of ether oxygens (including phenoxy) is 1. The number of nitrogens with zero attached hydrogens (tertiary/aromatic N) is 2. The van der Waals surface area contributed by atoms with Crippen molar-refractivity contribution in [2.75, 3.05) is 13.7 Å². The maximum Gasteiger partial charge on any atom is 0.217 e. The minimum Gasteiger partial charge on any atom is -0.481 e. The summed E-state index contributed by atoms with van der Waals surface area (Å²) in [7, 11) is 1.66. The van der Waals surface area contributed by atoms with Crippen LogP contribution in [0.25, 0.3) is 0 Å². The molecule has 0 amide bonds. The Kier molecular flexibility index (Phi) is 5.30. The largest absolute Gasteiger partial charge is 0.481 e. The highest BCUT2D eigenvalue weighted by atomic mass is 32.1. The van der Waals surface area contributed by atoms with Gasteiger partial charge in [0, 0.05) is 35.8 Å². The lowest BCUT2D eigenvalue weighted by molar-refractivity contribution is 0.381. The average molecular weight is 277 g/mol. The molecule has 2 aromatic heterocycles. The van der Waals surface area contributed by atoms with Gasteiger partial charge in [0.25, 0.3) is 0 Å². The van der Waals surface area contributed by atoms with Crippen molar-refractivity contribution >= 4 is 11.3 Å². The van der Waals surface area contributed by atoms with Crippen molar-refractivity contribution in [2.45, 2.75) is 25.8 Å². The fourth-order valence-corrected chi connectivity index (χ4v) is 2.64. The predicted octanol–water partition coefficient (Wildman–Crippen LogP) is 2.83. The number of rotatable bonds is 7. The summed E-state index contributed by atoms with van der Waals surface area (Å²) in [5, 5.41) is 6.68. The Hall–Kier alpha value is -1.46. The predicted molar refractivity (Wildman–Crippen MR) is 77.6 cm³/mol. The molecule has 2 aromatic rings. The van der Waals surface area contributed by atoms with Crippen molar-refractivity contribution < 1.29 is 4.74 Å². The van der Waals surface area contributed by atoms with Crippen LogP contribution >= 0.6 is 11.3 Å². The van der Waals surface area contributed by atoms with Gasteiger partial charge >= 0.3 is 0 Å². The lowest BCUT2D eigenvalue weighted by Crippen LogP contribution is -2.24. The lowest BCUT2D eigenvalue weighted by Gasteiger charge is -2.19. The summed E-state index contributed by atoms with van der Waals surface area (Å²) in [4.78, 5) is 8.64. The molecule has 0 radical (unpaired) electrons. The van der Waals surface area contributed by atoms with E-state index in [1.165, 1.54) is 0 Å². The minimum atomic E-state index is 0.190. The van der Waals surface area contributed by atoms with Crippen molar-refractivity contribution in [3.05, 3.63) is 40.5 Å². The molecule has 0 spiro atoms. The molecule has 102 valence electrons. The van der Waals surface area contributed by atoms with Crippen molar-refractivity contribution in [2.24, 2.45) is 0 Å². The molecule has 0 bridgehead atoms. The van der Waals surface area contributed by atoms with E-state index >= 15 is 0 Å². The molecular weight excluding hydrogens is 258 g/mol. The van der Waals surface area contributed by atoms with E-state index in [4.69, 9.17) is 4.74 Å². The van der Waals surface area contributed by atoms with Crippen LogP contribution in [0.4, 0.5) is 0 Å². The van der Waals surface area contributed by atoms with Crippen LogP contribution in [0.15, 0.2) is 29.9 Å². The number of hydrogen-bond acceptors (Lipinski definition) is 5. The summed E-state index contributed by atoms with van der Waals surface area (Å²) >= 11 is 1.68. The van der Waals surface area contributed by atoms with Crippen molar-refractivity contribution in [1.82, 2.24) is 15.3 Å². The Labute approximate surface area is 117 Å². The molecule has 0 aliphatic rings. The Morgan fingerprint density at radius 2 is 2.26 bits per heavy atom. The van der Waals surface area contributed by atoms with Crippen LogP contribution in [0.5, 0.6) is 5.88 Å². The van der Waals surface area contributed by atoms with Crippen LogP contribution in [-0.4, -0.2) is 23.6 Å². The van der Waals surface area contributed by atoms with Gasteiger partial charge in [0.15, 0.2) is 0 Å². The molecular formula is C14H19N3OS. The third kappa shape index (κ3) is 3.75. The van der Waals surface area contributed by atoms with Gasteiger partial charge in [-0.05, 0) is 19.0 Å². The zero-order chi connectivity index (χ0) is 13.5. The normalized spacial score (nSPS) is 12.3. The molecule has 0 aromatic carbocycles. The van der Waals surface area contributed by atoms with Crippen molar-refractivity contribution in [3.63, 3.8) is 0 Å². The van der Waals surface area contributed by atoms with Crippen molar-refractivity contribution in [1.29, 1.82) is 0 Å². The summed E-state index contributed by atoms with van der Waals surface area (Å²) in [5.41, 5.74) is 1.09. The molecule has 1 N–H and O–H groups in total. The smallest absolute Gasteiger partial charge is 0.217 e. The third-order valence-electron chi connectivity index (χ3n) is 2.87. The first-order valence-electron chi connectivity index (χ1n) is 6.45. The van der Waals surface area contributed by atoms with Crippen LogP contribution in [0.2, 0.25) is 0 Å². The molecule has 5 heteroatoms. The number of pyridine rings is 1. The first-order valence-corrected chi connectivity index (χ1v) is 7.33. The van der Waals surface area contributed by atoms with Crippen LogP contribution in [0, 0.1) is 0 Å². The van der Waals surface area contributed by atoms with Gasteiger partial charge in [-0.1, -0.05) is 13.0 Å². The molecule has 0 saturated carbocycles. The van der Waals surface area contributed by atoms with E-state index in [0.29, 0.717) is 5.88 Å². The van der Waals surface area contributed by atoms with Gasteiger partial charge < -0.3 is 10.1 Å². The number of thiazole rings is 1. The zero-order valence-electron chi connectivity index (χ0n) is 11.3. The van der Waals surface area contributed by atoms with Gasteiger partial charge in [-0.3, -0.25) is 0 Å². The van der Waals surface area contributed by atoms with Crippen LogP contribution in [-0.2, 0) is 6.42 Å². The highest BCUT2D eigenvalue weighted by Gasteiger charge is 2.17. The molecule has 4 nitrogen and oxygen atoms in total. The van der Waals surface area contributed by atoms with E-state index in [1.54, 1.807) is 24.6 Å². The van der Waals surface area contributed by atoms with Gasteiger partial charge in [0.05, 0.1) is 12.1 Å². The van der Waals surface area contributed by atoms with Crippen LogP contribution in [0.3, 0.4) is 0 Å². The van der Waals surface area contributed by atoms with Crippen LogP contribution in [0.1, 0.15) is 30.0 Å². The monoisotopic (exact) mass is 277 g/mol. The number of hydrogen-bond donors (Lipinski definition) is 1. The van der Waals surface area contributed by atoms with Gasteiger partial charge in [-0.15, -0.1) is 11.3 Å².